The third-order valence-electron chi connectivity index (χ3n) is 2.80. The Labute approximate surface area is 114 Å². The van der Waals surface area contributed by atoms with Gasteiger partial charge in [0.2, 0.25) is 0 Å². The molecule has 19 heavy (non-hydrogen) atoms. The summed E-state index contributed by atoms with van der Waals surface area (Å²) in [4.78, 5) is 10.9. The zero-order chi connectivity index (χ0) is 14.4. The van der Waals surface area contributed by atoms with E-state index in [1.807, 2.05) is 32.9 Å². The predicted molar refractivity (Wildman–Crippen MR) is 76.9 cm³/mol. The lowest BCUT2D eigenvalue weighted by atomic mass is 9.98. The lowest BCUT2D eigenvalue weighted by Gasteiger charge is -2.13. The van der Waals surface area contributed by atoms with Crippen LogP contribution >= 0.6 is 0 Å². The van der Waals surface area contributed by atoms with Crippen molar-refractivity contribution in [3.05, 3.63) is 53.1 Å². The summed E-state index contributed by atoms with van der Waals surface area (Å²) in [6.45, 7) is 6.13. The molecule has 0 radical (unpaired) electrons. The average molecular weight is 260 g/mol. The van der Waals surface area contributed by atoms with Gasteiger partial charge in [0.05, 0.1) is 12.7 Å². The summed E-state index contributed by atoms with van der Waals surface area (Å²) in [6.07, 6.45) is 6.10. The van der Waals surface area contributed by atoms with Crippen molar-refractivity contribution in [1.82, 2.24) is 0 Å². The van der Waals surface area contributed by atoms with Gasteiger partial charge in [-0.1, -0.05) is 36.8 Å². The van der Waals surface area contributed by atoms with Crippen LogP contribution in [-0.2, 0) is 0 Å². The molecule has 1 aromatic rings. The molecule has 0 bridgehead atoms. The Bertz CT molecular complexity index is 509. The summed E-state index contributed by atoms with van der Waals surface area (Å²) in [7, 11) is 1.55. The highest BCUT2D eigenvalue weighted by Gasteiger charge is 2.12. The number of carbonyl (C=O) groups is 1. The minimum atomic E-state index is -0.947. The summed E-state index contributed by atoms with van der Waals surface area (Å²) >= 11 is 0. The van der Waals surface area contributed by atoms with Crippen molar-refractivity contribution in [2.75, 3.05) is 7.11 Å². The van der Waals surface area contributed by atoms with Gasteiger partial charge in [0.15, 0.2) is 0 Å². The molecule has 0 aliphatic rings. The minimum Gasteiger partial charge on any atom is -0.496 e. The molecule has 0 unspecified atom stereocenters. The Kier molecular flexibility index (Phi) is 5.37. The van der Waals surface area contributed by atoms with Crippen LogP contribution in [-0.4, -0.2) is 18.2 Å². The molecule has 0 saturated carbocycles. The molecule has 0 saturated heterocycles. The second kappa shape index (κ2) is 6.78. The Morgan fingerprint density at radius 2 is 2.05 bits per heavy atom. The van der Waals surface area contributed by atoms with Gasteiger partial charge in [-0.2, -0.15) is 0 Å². The van der Waals surface area contributed by atoms with Gasteiger partial charge in [-0.05, 0) is 26.0 Å². The molecule has 0 spiro atoms. The van der Waals surface area contributed by atoms with Crippen LogP contribution in [0.2, 0.25) is 0 Å². The van der Waals surface area contributed by atoms with E-state index in [0.29, 0.717) is 5.75 Å². The van der Waals surface area contributed by atoms with Crippen LogP contribution in [0.25, 0.3) is 0 Å². The molecule has 0 fully saturated rings. The summed E-state index contributed by atoms with van der Waals surface area (Å²) < 4.78 is 5.27. The van der Waals surface area contributed by atoms with Gasteiger partial charge in [-0.3, -0.25) is 0 Å². The standard InChI is InChI=1S/C16H20O3/c1-11(2)6-5-7-12(3)14-9-8-13(16(17)18)10-15(14)19-4/h5-10,12H,1-4H3,(H,17,18)/t12-/m0/s1. The van der Waals surface area contributed by atoms with Crippen LogP contribution in [0.3, 0.4) is 0 Å². The normalized spacial score (nSPS) is 12.2. The molecule has 1 N–H and O–H groups in total. The van der Waals surface area contributed by atoms with Crippen molar-refractivity contribution in [2.24, 2.45) is 0 Å². The largest absolute Gasteiger partial charge is 0.496 e. The topological polar surface area (TPSA) is 46.5 Å². The molecule has 1 atom stereocenters. The molecule has 3 nitrogen and oxygen atoms in total. The smallest absolute Gasteiger partial charge is 0.335 e. The molecule has 0 aliphatic carbocycles. The lowest BCUT2D eigenvalue weighted by Crippen LogP contribution is -2.01. The van der Waals surface area contributed by atoms with Crippen LogP contribution in [0.5, 0.6) is 5.75 Å². The molecule has 0 amide bonds. The SMILES string of the molecule is COc1cc(C(=O)O)ccc1[C@@H](C)C=CC=C(C)C. The molecule has 0 aromatic heterocycles. The van der Waals surface area contributed by atoms with E-state index in [1.54, 1.807) is 25.3 Å². The van der Waals surface area contributed by atoms with Gasteiger partial charge < -0.3 is 9.84 Å². The van der Waals surface area contributed by atoms with Crippen LogP contribution in [0.1, 0.15) is 42.6 Å². The van der Waals surface area contributed by atoms with Crippen molar-refractivity contribution in [3.63, 3.8) is 0 Å². The van der Waals surface area contributed by atoms with Crippen LogP contribution in [0, 0.1) is 0 Å². The molecule has 0 aliphatic heterocycles. The number of methoxy groups -OCH3 is 1. The van der Waals surface area contributed by atoms with Crippen LogP contribution in [0.4, 0.5) is 0 Å². The van der Waals surface area contributed by atoms with Gasteiger partial charge in [-0.15, -0.1) is 0 Å². The van der Waals surface area contributed by atoms with E-state index in [1.165, 1.54) is 5.57 Å². The van der Waals surface area contributed by atoms with E-state index in [4.69, 9.17) is 9.84 Å². The summed E-state index contributed by atoms with van der Waals surface area (Å²) in [6, 6.07) is 4.97. The molecule has 3 heteroatoms. The first kappa shape index (κ1) is 15.0. The number of hydrogen-bond acceptors (Lipinski definition) is 2. The zero-order valence-corrected chi connectivity index (χ0v) is 11.8. The van der Waals surface area contributed by atoms with Crippen molar-refractivity contribution in [1.29, 1.82) is 0 Å². The maximum absolute atomic E-state index is 10.9. The molecule has 102 valence electrons. The number of rotatable bonds is 5. The van der Waals surface area contributed by atoms with Gasteiger partial charge in [-0.25, -0.2) is 4.79 Å². The fraction of sp³-hybridized carbons (Fsp3) is 0.312. The van der Waals surface area contributed by atoms with Crippen molar-refractivity contribution < 1.29 is 14.6 Å². The Morgan fingerprint density at radius 3 is 2.58 bits per heavy atom. The highest BCUT2D eigenvalue weighted by molar-refractivity contribution is 5.88. The van der Waals surface area contributed by atoms with E-state index in [-0.39, 0.29) is 11.5 Å². The maximum atomic E-state index is 10.9. The van der Waals surface area contributed by atoms with Crippen LogP contribution in [0.15, 0.2) is 42.0 Å². The minimum absolute atomic E-state index is 0.161. The first-order chi connectivity index (χ1) is 8.95. The number of carboxylic acid groups (broad SMARTS) is 1. The van der Waals surface area contributed by atoms with E-state index < -0.39 is 5.97 Å². The number of aromatic carboxylic acids is 1. The van der Waals surface area contributed by atoms with Gasteiger partial charge in [0.1, 0.15) is 5.75 Å². The maximum Gasteiger partial charge on any atom is 0.335 e. The molecule has 1 aromatic carbocycles. The van der Waals surface area contributed by atoms with Gasteiger partial charge >= 0.3 is 5.97 Å². The first-order valence-corrected chi connectivity index (χ1v) is 6.18. The van der Waals surface area contributed by atoms with E-state index >= 15 is 0 Å². The molecule has 0 heterocycles. The molecule has 1 rings (SSSR count). The summed E-state index contributed by atoms with van der Waals surface area (Å²) in [5.41, 5.74) is 2.45. The van der Waals surface area contributed by atoms with E-state index in [0.717, 1.165) is 5.56 Å². The fourth-order valence-corrected chi connectivity index (χ4v) is 1.74. The molecular weight excluding hydrogens is 240 g/mol. The lowest BCUT2D eigenvalue weighted by molar-refractivity contribution is 0.0696. The number of hydrogen-bond donors (Lipinski definition) is 1. The Morgan fingerprint density at radius 1 is 1.37 bits per heavy atom. The third kappa shape index (κ3) is 4.28. The van der Waals surface area contributed by atoms with Crippen molar-refractivity contribution in [2.45, 2.75) is 26.7 Å². The van der Waals surface area contributed by atoms with Crippen molar-refractivity contribution in [3.8, 4) is 5.75 Å². The number of ether oxygens (including phenoxy) is 1. The summed E-state index contributed by atoms with van der Waals surface area (Å²) in [5, 5.41) is 8.96. The monoisotopic (exact) mass is 260 g/mol. The third-order valence-corrected chi connectivity index (χ3v) is 2.80. The number of carboxylic acids is 1. The zero-order valence-electron chi connectivity index (χ0n) is 11.8. The Balaban J connectivity index is 3.03. The Hall–Kier alpha value is -2.03. The highest BCUT2D eigenvalue weighted by Crippen LogP contribution is 2.28. The second-order valence-corrected chi connectivity index (χ2v) is 4.68. The number of allylic oxidation sites excluding steroid dienone is 4. The number of benzene rings is 1. The van der Waals surface area contributed by atoms with Gasteiger partial charge in [0, 0.05) is 11.5 Å². The quantitative estimate of drug-likeness (QED) is 0.813. The summed E-state index contributed by atoms with van der Waals surface area (Å²) in [5.74, 6) is -0.180. The fourth-order valence-electron chi connectivity index (χ4n) is 1.74. The molecular formula is C16H20O3. The average Bonchev–Trinajstić information content (AvgIpc) is 2.37. The van der Waals surface area contributed by atoms with Gasteiger partial charge in [0.25, 0.3) is 0 Å². The van der Waals surface area contributed by atoms with E-state index in [9.17, 15) is 4.79 Å². The van der Waals surface area contributed by atoms with E-state index in [2.05, 4.69) is 6.08 Å². The van der Waals surface area contributed by atoms with Crippen molar-refractivity contribution >= 4 is 5.97 Å². The first-order valence-electron chi connectivity index (χ1n) is 6.18. The predicted octanol–water partition coefficient (Wildman–Crippen LogP) is 4.02. The van der Waals surface area contributed by atoms with Crippen LogP contribution < -0.4 is 4.74 Å². The highest BCUT2D eigenvalue weighted by atomic mass is 16.5. The second-order valence-electron chi connectivity index (χ2n) is 4.68.